The number of benzene rings is 2. The summed E-state index contributed by atoms with van der Waals surface area (Å²) in [7, 11) is 1.40. The Morgan fingerprint density at radius 2 is 1.80 bits per heavy atom. The Balaban J connectivity index is 2.17. The normalized spacial score (nSPS) is 13.8. The molecule has 0 bridgehead atoms. The van der Waals surface area contributed by atoms with Gasteiger partial charge in [0.1, 0.15) is 0 Å². The average Bonchev–Trinajstić information content (AvgIpc) is 3.04. The number of esters is 1. The van der Waals surface area contributed by atoms with Gasteiger partial charge in [-0.15, -0.1) is 0 Å². The third kappa shape index (κ3) is 2.84. The molecular weight excluding hydrogens is 310 g/mol. The Bertz CT molecular complexity index is 905. The van der Waals surface area contributed by atoms with Crippen molar-refractivity contribution < 1.29 is 9.53 Å². The Morgan fingerprint density at radius 3 is 2.40 bits per heavy atom. The van der Waals surface area contributed by atoms with Crippen molar-refractivity contribution in [3.05, 3.63) is 70.9 Å². The van der Waals surface area contributed by atoms with Crippen LogP contribution in [0.2, 0.25) is 0 Å². The predicted octanol–water partition coefficient (Wildman–Crippen LogP) is 5.22. The van der Waals surface area contributed by atoms with Gasteiger partial charge < -0.3 is 9.72 Å². The van der Waals surface area contributed by atoms with E-state index >= 15 is 0 Å². The minimum Gasteiger partial charge on any atom is -0.465 e. The van der Waals surface area contributed by atoms with Crippen LogP contribution < -0.4 is 0 Å². The highest BCUT2D eigenvalue weighted by Crippen LogP contribution is 2.42. The van der Waals surface area contributed by atoms with E-state index in [4.69, 9.17) is 4.74 Å². The molecule has 0 saturated carbocycles. The van der Waals surface area contributed by atoms with E-state index in [1.165, 1.54) is 23.8 Å². The van der Waals surface area contributed by atoms with Gasteiger partial charge in [-0.1, -0.05) is 56.7 Å². The fraction of sp³-hybridized carbons (Fsp3) is 0.318. The first-order chi connectivity index (χ1) is 11.9. The molecule has 0 aliphatic heterocycles. The topological polar surface area (TPSA) is 42.1 Å². The number of carbonyl (C=O) groups excluding carboxylic acids is 1. The third-order valence-electron chi connectivity index (χ3n) is 5.47. The van der Waals surface area contributed by atoms with Crippen molar-refractivity contribution in [3.63, 3.8) is 0 Å². The Morgan fingerprint density at radius 1 is 1.12 bits per heavy atom. The molecule has 0 aliphatic carbocycles. The molecule has 3 aromatic rings. The highest BCUT2D eigenvalue weighted by atomic mass is 16.5. The van der Waals surface area contributed by atoms with E-state index in [9.17, 15) is 4.79 Å². The van der Waals surface area contributed by atoms with Gasteiger partial charge in [-0.2, -0.15) is 0 Å². The van der Waals surface area contributed by atoms with Crippen molar-refractivity contribution in [3.8, 4) is 0 Å². The Hall–Kier alpha value is -2.55. The standard InChI is InChI=1S/C22H25NO2/c1-14(2)22(4,17-9-6-15(3)7-10-17)19-13-23-20-12-16(21(24)25-5)8-11-18(19)20/h6-14,23H,1-5H3. The van der Waals surface area contributed by atoms with Crippen LogP contribution in [-0.2, 0) is 10.2 Å². The summed E-state index contributed by atoms with van der Waals surface area (Å²) >= 11 is 0. The monoisotopic (exact) mass is 335 g/mol. The lowest BCUT2D eigenvalue weighted by Gasteiger charge is -2.35. The molecule has 1 atom stereocenters. The van der Waals surface area contributed by atoms with Crippen LogP contribution in [0.3, 0.4) is 0 Å². The van der Waals surface area contributed by atoms with Crippen molar-refractivity contribution in [2.45, 2.75) is 33.1 Å². The van der Waals surface area contributed by atoms with Gasteiger partial charge >= 0.3 is 5.97 Å². The molecule has 0 spiro atoms. The fourth-order valence-electron chi connectivity index (χ4n) is 3.50. The number of aromatic nitrogens is 1. The van der Waals surface area contributed by atoms with E-state index in [0.29, 0.717) is 11.5 Å². The maximum absolute atomic E-state index is 11.8. The van der Waals surface area contributed by atoms with Crippen LogP contribution >= 0.6 is 0 Å². The molecule has 0 amide bonds. The number of hydrogen-bond donors (Lipinski definition) is 1. The summed E-state index contributed by atoms with van der Waals surface area (Å²) in [4.78, 5) is 15.1. The van der Waals surface area contributed by atoms with Crippen molar-refractivity contribution in [2.24, 2.45) is 5.92 Å². The van der Waals surface area contributed by atoms with Crippen molar-refractivity contribution in [2.75, 3.05) is 7.11 Å². The fourth-order valence-corrected chi connectivity index (χ4v) is 3.50. The highest BCUT2D eigenvalue weighted by molar-refractivity contribution is 5.95. The minimum absolute atomic E-state index is 0.126. The van der Waals surface area contributed by atoms with Crippen LogP contribution in [0.4, 0.5) is 0 Å². The summed E-state index contributed by atoms with van der Waals surface area (Å²) in [5.74, 6) is 0.0951. The Labute approximate surface area is 149 Å². The Kier molecular flexibility index (Phi) is 4.42. The number of aryl methyl sites for hydroxylation is 1. The van der Waals surface area contributed by atoms with Crippen LogP contribution in [0.25, 0.3) is 10.9 Å². The van der Waals surface area contributed by atoms with E-state index < -0.39 is 0 Å². The molecule has 0 aliphatic rings. The third-order valence-corrected chi connectivity index (χ3v) is 5.47. The minimum atomic E-state index is -0.316. The zero-order valence-corrected chi connectivity index (χ0v) is 15.5. The molecule has 1 aromatic heterocycles. The second-order valence-electron chi connectivity index (χ2n) is 7.18. The van der Waals surface area contributed by atoms with E-state index in [2.05, 4.69) is 63.1 Å². The lowest BCUT2D eigenvalue weighted by atomic mass is 9.68. The van der Waals surface area contributed by atoms with Gasteiger partial charge in [0.25, 0.3) is 0 Å². The number of ether oxygens (including phenoxy) is 1. The van der Waals surface area contributed by atoms with Gasteiger partial charge in [0.15, 0.2) is 0 Å². The first-order valence-corrected chi connectivity index (χ1v) is 8.65. The summed E-state index contributed by atoms with van der Waals surface area (Å²) < 4.78 is 4.83. The van der Waals surface area contributed by atoms with Crippen LogP contribution in [0.15, 0.2) is 48.7 Å². The summed E-state index contributed by atoms with van der Waals surface area (Å²) in [5, 5.41) is 1.14. The highest BCUT2D eigenvalue weighted by Gasteiger charge is 2.34. The molecule has 3 nitrogen and oxygen atoms in total. The number of rotatable bonds is 4. The molecule has 1 N–H and O–H groups in total. The molecular formula is C22H25NO2. The van der Waals surface area contributed by atoms with Gasteiger partial charge in [0, 0.05) is 22.5 Å². The number of hydrogen-bond acceptors (Lipinski definition) is 2. The summed E-state index contributed by atoms with van der Waals surface area (Å²) in [6.45, 7) is 8.90. The molecule has 3 heteroatoms. The van der Waals surface area contributed by atoms with E-state index in [1.807, 2.05) is 18.2 Å². The van der Waals surface area contributed by atoms with Crippen LogP contribution in [0.5, 0.6) is 0 Å². The quantitative estimate of drug-likeness (QED) is 0.664. The van der Waals surface area contributed by atoms with E-state index in [1.54, 1.807) is 0 Å². The SMILES string of the molecule is COC(=O)c1ccc2c(C(C)(c3ccc(C)cc3)C(C)C)c[nH]c2c1. The lowest BCUT2D eigenvalue weighted by molar-refractivity contribution is 0.0601. The molecule has 130 valence electrons. The molecule has 25 heavy (non-hydrogen) atoms. The lowest BCUT2D eigenvalue weighted by Crippen LogP contribution is -2.29. The van der Waals surface area contributed by atoms with Crippen LogP contribution in [-0.4, -0.2) is 18.1 Å². The zero-order chi connectivity index (χ0) is 18.2. The number of nitrogens with one attached hydrogen (secondary N) is 1. The summed E-state index contributed by atoms with van der Waals surface area (Å²) in [5.41, 5.74) is 5.20. The molecule has 1 heterocycles. The van der Waals surface area contributed by atoms with Gasteiger partial charge in [-0.3, -0.25) is 0 Å². The van der Waals surface area contributed by atoms with Crippen molar-refractivity contribution in [1.29, 1.82) is 0 Å². The second kappa shape index (κ2) is 6.40. The van der Waals surface area contributed by atoms with Gasteiger partial charge in [0.05, 0.1) is 12.7 Å². The maximum atomic E-state index is 11.8. The molecule has 2 aromatic carbocycles. The molecule has 0 saturated heterocycles. The number of fused-ring (bicyclic) bond motifs is 1. The van der Waals surface area contributed by atoms with Crippen LogP contribution in [0.1, 0.15) is 47.8 Å². The van der Waals surface area contributed by atoms with E-state index in [0.717, 1.165) is 10.9 Å². The van der Waals surface area contributed by atoms with Gasteiger partial charge in [0.2, 0.25) is 0 Å². The smallest absolute Gasteiger partial charge is 0.337 e. The maximum Gasteiger partial charge on any atom is 0.337 e. The van der Waals surface area contributed by atoms with Gasteiger partial charge in [-0.25, -0.2) is 4.79 Å². The number of aromatic amines is 1. The van der Waals surface area contributed by atoms with Crippen LogP contribution in [0, 0.1) is 12.8 Å². The molecule has 3 rings (SSSR count). The van der Waals surface area contributed by atoms with Gasteiger partial charge in [-0.05, 0) is 36.1 Å². The van der Waals surface area contributed by atoms with Crippen molar-refractivity contribution >= 4 is 16.9 Å². The molecule has 0 radical (unpaired) electrons. The summed E-state index contributed by atoms with van der Waals surface area (Å²) in [6, 6.07) is 14.5. The molecule has 0 fully saturated rings. The molecule has 1 unspecified atom stereocenters. The number of methoxy groups -OCH3 is 1. The number of H-pyrrole nitrogens is 1. The van der Waals surface area contributed by atoms with Crippen molar-refractivity contribution in [1.82, 2.24) is 4.98 Å². The number of carbonyl (C=O) groups is 1. The predicted molar refractivity (Wildman–Crippen MR) is 102 cm³/mol. The van der Waals surface area contributed by atoms with E-state index in [-0.39, 0.29) is 11.4 Å². The average molecular weight is 335 g/mol. The zero-order valence-electron chi connectivity index (χ0n) is 15.5. The first kappa shape index (κ1) is 17.3. The second-order valence-corrected chi connectivity index (χ2v) is 7.18. The first-order valence-electron chi connectivity index (χ1n) is 8.65. The largest absolute Gasteiger partial charge is 0.465 e. The summed E-state index contributed by atoms with van der Waals surface area (Å²) in [6.07, 6.45) is 2.07.